The van der Waals surface area contributed by atoms with Crippen molar-refractivity contribution in [3.05, 3.63) is 6.33 Å². The number of piperazine rings is 1. The van der Waals surface area contributed by atoms with Gasteiger partial charge >= 0.3 is 0 Å². The summed E-state index contributed by atoms with van der Waals surface area (Å²) in [5.74, 6) is 0.627. The van der Waals surface area contributed by atoms with E-state index in [4.69, 9.17) is 0 Å². The van der Waals surface area contributed by atoms with Gasteiger partial charge in [0, 0.05) is 33.2 Å². The molecule has 1 amide bonds. The average Bonchev–Trinajstić information content (AvgIpc) is 2.73. The highest BCUT2D eigenvalue weighted by atomic mass is 35.5. The minimum Gasteiger partial charge on any atom is -0.339 e. The van der Waals surface area contributed by atoms with Crippen molar-refractivity contribution in [2.45, 2.75) is 5.16 Å². The van der Waals surface area contributed by atoms with Gasteiger partial charge in [0.05, 0.1) is 5.75 Å². The van der Waals surface area contributed by atoms with Crippen molar-refractivity contribution in [3.63, 3.8) is 0 Å². The van der Waals surface area contributed by atoms with E-state index in [1.165, 1.54) is 18.1 Å². The summed E-state index contributed by atoms with van der Waals surface area (Å²) >= 11 is 1.44. The molecule has 0 aliphatic carbocycles. The van der Waals surface area contributed by atoms with Crippen LogP contribution in [0.4, 0.5) is 0 Å². The molecule has 18 heavy (non-hydrogen) atoms. The first-order valence-corrected chi connectivity index (χ1v) is 6.58. The Hall–Kier alpha value is -0.790. The number of hydrogen-bond acceptors (Lipinski definition) is 5. The number of halogens is 1. The highest BCUT2D eigenvalue weighted by molar-refractivity contribution is 7.99. The van der Waals surface area contributed by atoms with Crippen LogP contribution in [0.2, 0.25) is 0 Å². The Morgan fingerprint density at radius 3 is 2.56 bits per heavy atom. The first-order valence-electron chi connectivity index (χ1n) is 5.60. The Bertz CT molecular complexity index is 391. The van der Waals surface area contributed by atoms with Gasteiger partial charge in [0.25, 0.3) is 0 Å². The summed E-state index contributed by atoms with van der Waals surface area (Å²) in [5, 5.41) is 4.75. The Kier molecular flexibility index (Phi) is 5.90. The quantitative estimate of drug-likeness (QED) is 0.740. The lowest BCUT2D eigenvalue weighted by Crippen LogP contribution is -2.47. The van der Waals surface area contributed by atoms with Crippen LogP contribution in [0.5, 0.6) is 0 Å². The molecule has 8 heteroatoms. The van der Waals surface area contributed by atoms with Crippen LogP contribution in [0, 0.1) is 0 Å². The second-order valence-corrected chi connectivity index (χ2v) is 5.08. The van der Waals surface area contributed by atoms with Gasteiger partial charge < -0.3 is 9.80 Å². The van der Waals surface area contributed by atoms with E-state index >= 15 is 0 Å². The molecule has 1 aliphatic heterocycles. The zero-order chi connectivity index (χ0) is 12.3. The molecule has 0 N–H and O–H groups in total. The number of aryl methyl sites for hydroxylation is 1. The summed E-state index contributed by atoms with van der Waals surface area (Å²) in [7, 11) is 3.91. The van der Waals surface area contributed by atoms with Crippen LogP contribution in [-0.2, 0) is 11.8 Å². The lowest BCUT2D eigenvalue weighted by Gasteiger charge is -2.32. The molecule has 0 saturated carbocycles. The second-order valence-electron chi connectivity index (χ2n) is 4.14. The van der Waals surface area contributed by atoms with E-state index in [0.29, 0.717) is 5.75 Å². The van der Waals surface area contributed by atoms with Crippen LogP contribution in [-0.4, -0.2) is 69.5 Å². The number of carbonyl (C=O) groups excluding carboxylic acids is 1. The molecule has 0 spiro atoms. The first-order chi connectivity index (χ1) is 8.16. The third kappa shape index (κ3) is 3.86. The smallest absolute Gasteiger partial charge is 0.233 e. The van der Waals surface area contributed by atoms with E-state index in [1.807, 2.05) is 11.9 Å². The third-order valence-corrected chi connectivity index (χ3v) is 3.87. The van der Waals surface area contributed by atoms with Crippen molar-refractivity contribution < 1.29 is 4.79 Å². The fraction of sp³-hybridized carbons (Fsp3) is 0.700. The van der Waals surface area contributed by atoms with Crippen LogP contribution in [0.3, 0.4) is 0 Å². The standard InChI is InChI=1S/C10H17N5OS.ClH/c1-13-3-5-15(6-4-13)9(16)7-17-10-11-8-12-14(10)2;/h8H,3-7H2,1-2H3;1H. The fourth-order valence-corrected chi connectivity index (χ4v) is 2.48. The molecule has 1 aromatic rings. The minimum absolute atomic E-state index is 0. The molecule has 2 rings (SSSR count). The van der Waals surface area contributed by atoms with Crippen molar-refractivity contribution in [1.29, 1.82) is 0 Å². The lowest BCUT2D eigenvalue weighted by molar-refractivity contribution is -0.129. The van der Waals surface area contributed by atoms with Crippen molar-refractivity contribution >= 4 is 30.1 Å². The number of hydrogen-bond donors (Lipinski definition) is 0. The van der Waals surface area contributed by atoms with Gasteiger partial charge in [-0.2, -0.15) is 5.10 Å². The van der Waals surface area contributed by atoms with Crippen LogP contribution in [0.1, 0.15) is 0 Å². The molecule has 102 valence electrons. The lowest BCUT2D eigenvalue weighted by atomic mass is 10.3. The predicted octanol–water partition coefficient (Wildman–Crippen LogP) is 0.103. The summed E-state index contributed by atoms with van der Waals surface area (Å²) in [6.45, 7) is 3.57. The normalized spacial score (nSPS) is 16.4. The van der Waals surface area contributed by atoms with E-state index in [9.17, 15) is 4.79 Å². The van der Waals surface area contributed by atoms with Gasteiger partial charge in [-0.3, -0.25) is 4.79 Å². The monoisotopic (exact) mass is 291 g/mol. The van der Waals surface area contributed by atoms with Gasteiger partial charge in [-0.05, 0) is 7.05 Å². The van der Waals surface area contributed by atoms with Gasteiger partial charge in [-0.25, -0.2) is 9.67 Å². The van der Waals surface area contributed by atoms with Crippen molar-refractivity contribution in [2.75, 3.05) is 39.0 Å². The number of rotatable bonds is 3. The van der Waals surface area contributed by atoms with Crippen LogP contribution >= 0.6 is 24.2 Å². The maximum atomic E-state index is 11.9. The van der Waals surface area contributed by atoms with Gasteiger partial charge in [-0.1, -0.05) is 11.8 Å². The molecule has 0 bridgehead atoms. The van der Waals surface area contributed by atoms with Gasteiger partial charge in [0.1, 0.15) is 6.33 Å². The first kappa shape index (κ1) is 15.3. The Morgan fingerprint density at radius 1 is 1.33 bits per heavy atom. The zero-order valence-electron chi connectivity index (χ0n) is 10.6. The number of nitrogens with zero attached hydrogens (tertiary/aromatic N) is 5. The zero-order valence-corrected chi connectivity index (χ0v) is 12.2. The number of carbonyl (C=O) groups is 1. The van der Waals surface area contributed by atoms with Crippen LogP contribution < -0.4 is 0 Å². The molecule has 1 saturated heterocycles. The summed E-state index contributed by atoms with van der Waals surface area (Å²) in [6.07, 6.45) is 1.50. The van der Waals surface area contributed by atoms with E-state index in [0.717, 1.165) is 31.3 Å². The van der Waals surface area contributed by atoms with Crippen LogP contribution in [0.25, 0.3) is 0 Å². The number of aromatic nitrogens is 3. The van der Waals surface area contributed by atoms with Gasteiger partial charge in [0.2, 0.25) is 5.91 Å². The predicted molar refractivity (Wildman–Crippen MR) is 73.1 cm³/mol. The number of likely N-dealkylation sites (N-methyl/N-ethyl adjacent to an activating group) is 1. The molecule has 1 aromatic heterocycles. The molecule has 1 aliphatic rings. The van der Waals surface area contributed by atoms with Crippen molar-refractivity contribution in [3.8, 4) is 0 Å². The fourth-order valence-electron chi connectivity index (χ4n) is 1.69. The summed E-state index contributed by atoms with van der Waals surface area (Å²) in [5.41, 5.74) is 0. The van der Waals surface area contributed by atoms with E-state index in [2.05, 4.69) is 22.0 Å². The van der Waals surface area contributed by atoms with Crippen LogP contribution in [0.15, 0.2) is 11.5 Å². The molecule has 1 fully saturated rings. The summed E-state index contributed by atoms with van der Waals surface area (Å²) < 4.78 is 1.68. The molecular weight excluding hydrogens is 274 g/mol. The summed E-state index contributed by atoms with van der Waals surface area (Å²) in [6, 6.07) is 0. The molecule has 0 aromatic carbocycles. The molecule has 0 radical (unpaired) electrons. The maximum Gasteiger partial charge on any atom is 0.233 e. The van der Waals surface area contributed by atoms with E-state index in [1.54, 1.807) is 4.68 Å². The average molecular weight is 292 g/mol. The van der Waals surface area contributed by atoms with E-state index < -0.39 is 0 Å². The maximum absolute atomic E-state index is 11.9. The molecule has 0 atom stereocenters. The van der Waals surface area contributed by atoms with E-state index in [-0.39, 0.29) is 18.3 Å². The Labute approximate surface area is 117 Å². The Balaban J connectivity index is 0.00000162. The van der Waals surface area contributed by atoms with Gasteiger partial charge in [-0.15, -0.1) is 12.4 Å². The molecule has 2 heterocycles. The Morgan fingerprint density at radius 2 is 2.00 bits per heavy atom. The topological polar surface area (TPSA) is 54.3 Å². The van der Waals surface area contributed by atoms with Crippen molar-refractivity contribution in [2.24, 2.45) is 7.05 Å². The highest BCUT2D eigenvalue weighted by Gasteiger charge is 2.19. The minimum atomic E-state index is 0. The van der Waals surface area contributed by atoms with Crippen molar-refractivity contribution in [1.82, 2.24) is 24.6 Å². The van der Waals surface area contributed by atoms with Gasteiger partial charge in [0.15, 0.2) is 5.16 Å². The molecule has 0 unspecified atom stereocenters. The second kappa shape index (κ2) is 6.96. The largest absolute Gasteiger partial charge is 0.339 e. The SMILES string of the molecule is CN1CCN(C(=O)CSc2ncnn2C)CC1.Cl. The molecule has 6 nitrogen and oxygen atoms in total. The summed E-state index contributed by atoms with van der Waals surface area (Å²) in [4.78, 5) is 20.2. The highest BCUT2D eigenvalue weighted by Crippen LogP contribution is 2.14. The third-order valence-electron chi connectivity index (χ3n) is 2.85. The number of thioether (sulfide) groups is 1. The molecular formula is C10H18ClN5OS. The number of amides is 1.